The molecule has 130 valence electrons. The van der Waals surface area contributed by atoms with Crippen molar-refractivity contribution >= 4 is 5.82 Å². The van der Waals surface area contributed by atoms with E-state index in [4.69, 9.17) is 5.26 Å². The lowest BCUT2D eigenvalue weighted by Crippen LogP contribution is -2.27. The Labute approximate surface area is 146 Å². The molecule has 1 aliphatic rings. The number of aliphatic hydroxyl groups is 1. The van der Waals surface area contributed by atoms with Crippen molar-refractivity contribution in [1.29, 1.82) is 5.26 Å². The van der Waals surface area contributed by atoms with E-state index in [2.05, 4.69) is 15.2 Å². The molecular formula is C19H21FN4O. The molecule has 2 N–H and O–H groups in total. The minimum absolute atomic E-state index is 0.324. The number of hydrogen-bond acceptors (Lipinski definition) is 5. The Balaban J connectivity index is 1.46. The van der Waals surface area contributed by atoms with Gasteiger partial charge in [-0.1, -0.05) is 12.1 Å². The normalized spacial score (nSPS) is 18.7. The van der Waals surface area contributed by atoms with Crippen LogP contribution in [0.25, 0.3) is 0 Å². The van der Waals surface area contributed by atoms with Gasteiger partial charge in [-0.25, -0.2) is 9.37 Å². The fraction of sp³-hybridized carbons (Fsp3) is 0.368. The molecule has 1 aliphatic heterocycles. The summed E-state index contributed by atoms with van der Waals surface area (Å²) in [7, 11) is 0. The first-order chi connectivity index (χ1) is 12.1. The zero-order valence-corrected chi connectivity index (χ0v) is 13.9. The number of nitrogens with zero attached hydrogens (tertiary/aromatic N) is 3. The van der Waals surface area contributed by atoms with Crippen molar-refractivity contribution in [1.82, 2.24) is 9.88 Å². The van der Waals surface area contributed by atoms with E-state index in [9.17, 15) is 9.50 Å². The summed E-state index contributed by atoms with van der Waals surface area (Å²) in [5.74, 6) is 0.907. The molecule has 0 saturated carbocycles. The number of benzene rings is 1. The number of pyridine rings is 1. The van der Waals surface area contributed by atoms with Gasteiger partial charge in [0.2, 0.25) is 0 Å². The molecule has 0 spiro atoms. The van der Waals surface area contributed by atoms with Crippen LogP contribution in [0.3, 0.4) is 0 Å². The van der Waals surface area contributed by atoms with E-state index in [0.29, 0.717) is 23.6 Å². The average molecular weight is 340 g/mol. The Morgan fingerprint density at radius 3 is 3.00 bits per heavy atom. The van der Waals surface area contributed by atoms with Gasteiger partial charge in [-0.05, 0) is 48.7 Å². The number of aliphatic hydroxyl groups excluding tert-OH is 1. The number of halogens is 1. The van der Waals surface area contributed by atoms with Crippen LogP contribution in [0.4, 0.5) is 10.2 Å². The molecule has 0 unspecified atom stereocenters. The lowest BCUT2D eigenvalue weighted by molar-refractivity contribution is 0.124. The number of β-amino-alcohol motifs (C(OH)–C–C–N with tert-alkyl or cyclic N) is 1. The van der Waals surface area contributed by atoms with Gasteiger partial charge in [0.05, 0.1) is 11.7 Å². The van der Waals surface area contributed by atoms with E-state index in [-0.39, 0.29) is 5.82 Å². The van der Waals surface area contributed by atoms with Crippen LogP contribution in [0.2, 0.25) is 0 Å². The van der Waals surface area contributed by atoms with Gasteiger partial charge in [-0.3, -0.25) is 0 Å². The summed E-state index contributed by atoms with van der Waals surface area (Å²) in [6.07, 6.45) is 1.92. The first-order valence-electron chi connectivity index (χ1n) is 8.40. The van der Waals surface area contributed by atoms with Gasteiger partial charge in [0.15, 0.2) is 0 Å². The molecular weight excluding hydrogens is 319 g/mol. The monoisotopic (exact) mass is 340 g/mol. The minimum atomic E-state index is -0.678. The summed E-state index contributed by atoms with van der Waals surface area (Å²) in [6.45, 7) is 3.11. The molecule has 3 rings (SSSR count). The maximum Gasteiger partial charge on any atom is 0.125 e. The lowest BCUT2D eigenvalue weighted by Gasteiger charge is -2.20. The number of rotatable bonds is 6. The van der Waals surface area contributed by atoms with E-state index in [1.165, 1.54) is 12.1 Å². The molecule has 1 aromatic carbocycles. The van der Waals surface area contributed by atoms with Crippen molar-refractivity contribution in [2.45, 2.75) is 12.5 Å². The quantitative estimate of drug-likeness (QED) is 0.846. The van der Waals surface area contributed by atoms with Gasteiger partial charge in [-0.15, -0.1) is 0 Å². The molecule has 25 heavy (non-hydrogen) atoms. The van der Waals surface area contributed by atoms with Crippen molar-refractivity contribution in [2.24, 2.45) is 5.92 Å². The molecule has 1 aromatic heterocycles. The Morgan fingerprint density at radius 1 is 1.40 bits per heavy atom. The molecule has 2 heterocycles. The van der Waals surface area contributed by atoms with Crippen LogP contribution in [0.1, 0.15) is 23.7 Å². The van der Waals surface area contributed by atoms with Crippen LogP contribution in [0.15, 0.2) is 42.6 Å². The fourth-order valence-electron chi connectivity index (χ4n) is 3.12. The number of hydrogen-bond donors (Lipinski definition) is 2. The van der Waals surface area contributed by atoms with Crippen molar-refractivity contribution in [3.05, 3.63) is 59.5 Å². The maximum atomic E-state index is 13.3. The van der Waals surface area contributed by atoms with Crippen LogP contribution < -0.4 is 5.32 Å². The molecule has 5 nitrogen and oxygen atoms in total. The topological polar surface area (TPSA) is 72.2 Å². The van der Waals surface area contributed by atoms with Gasteiger partial charge in [-0.2, -0.15) is 5.26 Å². The van der Waals surface area contributed by atoms with Crippen LogP contribution in [0, 0.1) is 23.1 Å². The predicted octanol–water partition coefficient (Wildman–Crippen LogP) is 2.56. The lowest BCUT2D eigenvalue weighted by atomic mass is 10.1. The van der Waals surface area contributed by atoms with Gasteiger partial charge in [0.1, 0.15) is 17.7 Å². The van der Waals surface area contributed by atoms with Gasteiger partial charge >= 0.3 is 0 Å². The highest BCUT2D eigenvalue weighted by Gasteiger charge is 2.24. The zero-order chi connectivity index (χ0) is 17.6. The highest BCUT2D eigenvalue weighted by molar-refractivity contribution is 5.38. The molecule has 1 fully saturated rings. The van der Waals surface area contributed by atoms with E-state index >= 15 is 0 Å². The van der Waals surface area contributed by atoms with E-state index in [1.54, 1.807) is 30.5 Å². The second-order valence-corrected chi connectivity index (χ2v) is 6.41. The Morgan fingerprint density at radius 2 is 2.28 bits per heavy atom. The van der Waals surface area contributed by atoms with Gasteiger partial charge in [0, 0.05) is 25.8 Å². The van der Waals surface area contributed by atoms with Crippen LogP contribution in [-0.4, -0.2) is 41.2 Å². The Kier molecular flexibility index (Phi) is 5.59. The van der Waals surface area contributed by atoms with Gasteiger partial charge in [0.25, 0.3) is 0 Å². The summed E-state index contributed by atoms with van der Waals surface area (Å²) in [5, 5.41) is 22.4. The molecule has 0 radical (unpaired) electrons. The van der Waals surface area contributed by atoms with Gasteiger partial charge < -0.3 is 15.3 Å². The number of likely N-dealkylation sites (tertiary alicyclic amines) is 1. The minimum Gasteiger partial charge on any atom is -0.387 e. The van der Waals surface area contributed by atoms with Crippen molar-refractivity contribution in [2.75, 3.05) is 31.5 Å². The second-order valence-electron chi connectivity index (χ2n) is 6.41. The van der Waals surface area contributed by atoms with Crippen molar-refractivity contribution in [3.63, 3.8) is 0 Å². The number of nitriles is 1. The SMILES string of the molecule is N#Cc1ccc(NC[C@@H]2CCN(C[C@H](O)c3cccc(F)c3)C2)nc1. The highest BCUT2D eigenvalue weighted by Crippen LogP contribution is 2.21. The van der Waals surface area contributed by atoms with E-state index in [1.807, 2.05) is 6.07 Å². The number of aromatic nitrogens is 1. The zero-order valence-electron chi connectivity index (χ0n) is 13.9. The molecule has 6 heteroatoms. The molecule has 2 atom stereocenters. The Hall–Kier alpha value is -2.49. The van der Waals surface area contributed by atoms with E-state index < -0.39 is 6.10 Å². The largest absolute Gasteiger partial charge is 0.387 e. The smallest absolute Gasteiger partial charge is 0.125 e. The van der Waals surface area contributed by atoms with Crippen molar-refractivity contribution in [3.8, 4) is 6.07 Å². The summed E-state index contributed by atoms with van der Waals surface area (Å²) in [5.41, 5.74) is 1.16. The Bertz CT molecular complexity index is 744. The third-order valence-electron chi connectivity index (χ3n) is 4.50. The summed E-state index contributed by atoms with van der Waals surface area (Å²) in [4.78, 5) is 6.41. The maximum absolute atomic E-state index is 13.3. The first kappa shape index (κ1) is 17.3. The average Bonchev–Trinajstić information content (AvgIpc) is 3.08. The summed E-state index contributed by atoms with van der Waals surface area (Å²) >= 11 is 0. The third kappa shape index (κ3) is 4.75. The van der Waals surface area contributed by atoms with Crippen LogP contribution in [-0.2, 0) is 0 Å². The predicted molar refractivity (Wildman–Crippen MR) is 93.3 cm³/mol. The summed E-state index contributed by atoms with van der Waals surface area (Å²) in [6, 6.07) is 11.7. The third-order valence-corrected chi connectivity index (χ3v) is 4.50. The van der Waals surface area contributed by atoms with Crippen LogP contribution >= 0.6 is 0 Å². The number of anilines is 1. The standard InChI is InChI=1S/C19H21FN4O/c20-17-3-1-2-16(8-17)18(25)13-24-7-6-15(12-24)11-23-19-5-4-14(9-21)10-22-19/h1-5,8,10,15,18,25H,6-7,11-13H2,(H,22,23)/t15-,18-/m0/s1. The van der Waals surface area contributed by atoms with Crippen molar-refractivity contribution < 1.29 is 9.50 Å². The van der Waals surface area contributed by atoms with Crippen LogP contribution in [0.5, 0.6) is 0 Å². The molecule has 0 bridgehead atoms. The molecule has 0 aliphatic carbocycles. The molecule has 1 saturated heterocycles. The highest BCUT2D eigenvalue weighted by atomic mass is 19.1. The number of nitrogens with one attached hydrogen (secondary N) is 1. The first-order valence-corrected chi connectivity index (χ1v) is 8.40. The second kappa shape index (κ2) is 8.06. The molecule has 0 amide bonds. The van der Waals surface area contributed by atoms with E-state index in [0.717, 1.165) is 31.9 Å². The summed E-state index contributed by atoms with van der Waals surface area (Å²) < 4.78 is 13.3. The fourth-order valence-corrected chi connectivity index (χ4v) is 3.12. The molecule has 2 aromatic rings.